The number of nitrogens with zero attached hydrogens (tertiary/aromatic N) is 1. The van der Waals surface area contributed by atoms with Gasteiger partial charge in [-0.25, -0.2) is 0 Å². The summed E-state index contributed by atoms with van der Waals surface area (Å²) in [5.41, 5.74) is 7.41. The molecule has 0 rings (SSSR count). The minimum atomic E-state index is -0.274. The first-order valence-electron chi connectivity index (χ1n) is 7.82. The SMILES string of the molecule is CCCC/C(=C(/C)C(N)=O)N(CCCC)CCCC. The third-order valence-corrected chi connectivity index (χ3v) is 3.51. The van der Waals surface area contributed by atoms with Crippen molar-refractivity contribution in [2.75, 3.05) is 13.1 Å². The smallest absolute Gasteiger partial charge is 0.246 e. The molecule has 1 amide bonds. The molecule has 3 nitrogen and oxygen atoms in total. The molecule has 0 saturated carbocycles. The highest BCUT2D eigenvalue weighted by atomic mass is 16.1. The van der Waals surface area contributed by atoms with Gasteiger partial charge in [-0.2, -0.15) is 0 Å². The Morgan fingerprint density at radius 2 is 1.42 bits per heavy atom. The number of hydrogen-bond acceptors (Lipinski definition) is 2. The molecular formula is C16H32N2O. The highest BCUT2D eigenvalue weighted by Gasteiger charge is 2.14. The van der Waals surface area contributed by atoms with E-state index in [0.717, 1.165) is 37.9 Å². The number of amides is 1. The van der Waals surface area contributed by atoms with Crippen LogP contribution in [-0.2, 0) is 4.79 Å². The molecule has 0 atom stereocenters. The van der Waals surface area contributed by atoms with E-state index in [1.165, 1.54) is 31.4 Å². The second kappa shape index (κ2) is 10.9. The molecule has 0 aliphatic heterocycles. The zero-order valence-corrected chi connectivity index (χ0v) is 13.3. The van der Waals surface area contributed by atoms with Crippen LogP contribution in [0.15, 0.2) is 11.3 Å². The van der Waals surface area contributed by atoms with Crippen LogP contribution in [0.5, 0.6) is 0 Å². The molecule has 0 spiro atoms. The summed E-state index contributed by atoms with van der Waals surface area (Å²) >= 11 is 0. The van der Waals surface area contributed by atoms with Crippen molar-refractivity contribution in [1.82, 2.24) is 4.90 Å². The first kappa shape index (κ1) is 18.0. The van der Waals surface area contributed by atoms with E-state index in [-0.39, 0.29) is 5.91 Å². The Bertz CT molecular complexity index is 276. The van der Waals surface area contributed by atoms with E-state index >= 15 is 0 Å². The molecule has 3 heteroatoms. The van der Waals surface area contributed by atoms with Crippen molar-refractivity contribution in [3.05, 3.63) is 11.3 Å². The average Bonchev–Trinajstić information content (AvgIpc) is 2.40. The zero-order chi connectivity index (χ0) is 14.7. The van der Waals surface area contributed by atoms with Gasteiger partial charge in [-0.3, -0.25) is 4.79 Å². The molecule has 2 N–H and O–H groups in total. The van der Waals surface area contributed by atoms with Gasteiger partial charge in [0.2, 0.25) is 5.91 Å². The molecule has 0 unspecified atom stereocenters. The Morgan fingerprint density at radius 3 is 1.79 bits per heavy atom. The average molecular weight is 268 g/mol. The maximum atomic E-state index is 11.5. The molecular weight excluding hydrogens is 236 g/mol. The lowest BCUT2D eigenvalue weighted by atomic mass is 10.1. The fraction of sp³-hybridized carbons (Fsp3) is 0.812. The monoisotopic (exact) mass is 268 g/mol. The van der Waals surface area contributed by atoms with E-state index in [0.29, 0.717) is 0 Å². The predicted octanol–water partition coefficient (Wildman–Crippen LogP) is 3.84. The fourth-order valence-electron chi connectivity index (χ4n) is 2.15. The van der Waals surface area contributed by atoms with E-state index in [1.54, 1.807) is 0 Å². The topological polar surface area (TPSA) is 46.3 Å². The van der Waals surface area contributed by atoms with Crippen LogP contribution in [0, 0.1) is 0 Å². The molecule has 0 saturated heterocycles. The van der Waals surface area contributed by atoms with Crippen LogP contribution < -0.4 is 5.73 Å². The molecule has 0 aromatic carbocycles. The maximum absolute atomic E-state index is 11.5. The summed E-state index contributed by atoms with van der Waals surface area (Å²) in [6.45, 7) is 10.5. The van der Waals surface area contributed by atoms with Crippen molar-refractivity contribution in [3.63, 3.8) is 0 Å². The molecule has 19 heavy (non-hydrogen) atoms. The van der Waals surface area contributed by atoms with Gasteiger partial charge in [0, 0.05) is 24.4 Å². The number of unbranched alkanes of at least 4 members (excludes halogenated alkanes) is 3. The molecule has 0 fully saturated rings. The molecule has 0 aliphatic rings. The molecule has 112 valence electrons. The standard InChI is InChI=1S/C16H32N2O/c1-5-8-11-15(14(4)16(17)19)18(12-9-6-2)13-10-7-3/h5-13H2,1-4H3,(H2,17,19)/b15-14+. The van der Waals surface area contributed by atoms with E-state index in [9.17, 15) is 4.79 Å². The van der Waals surface area contributed by atoms with Crippen molar-refractivity contribution < 1.29 is 4.79 Å². The highest BCUT2D eigenvalue weighted by molar-refractivity contribution is 5.91. The van der Waals surface area contributed by atoms with Crippen LogP contribution >= 0.6 is 0 Å². The van der Waals surface area contributed by atoms with Crippen molar-refractivity contribution in [1.29, 1.82) is 0 Å². The third-order valence-electron chi connectivity index (χ3n) is 3.51. The molecule has 0 aromatic heterocycles. The summed E-state index contributed by atoms with van der Waals surface area (Å²) in [4.78, 5) is 13.9. The Morgan fingerprint density at radius 1 is 0.947 bits per heavy atom. The molecule has 0 aliphatic carbocycles. The molecule has 0 aromatic rings. The maximum Gasteiger partial charge on any atom is 0.246 e. The van der Waals surface area contributed by atoms with Gasteiger partial charge in [0.1, 0.15) is 0 Å². The second-order valence-corrected chi connectivity index (χ2v) is 5.23. The van der Waals surface area contributed by atoms with E-state index in [1.807, 2.05) is 6.92 Å². The second-order valence-electron chi connectivity index (χ2n) is 5.23. The number of primary amides is 1. The number of hydrogen-bond donors (Lipinski definition) is 1. The Hall–Kier alpha value is -0.990. The summed E-state index contributed by atoms with van der Waals surface area (Å²) in [5, 5.41) is 0. The number of allylic oxidation sites excluding steroid dienone is 1. The first-order valence-corrected chi connectivity index (χ1v) is 7.82. The number of nitrogens with two attached hydrogens (primary N) is 1. The lowest BCUT2D eigenvalue weighted by Crippen LogP contribution is -2.29. The molecule has 0 heterocycles. The number of carbonyl (C=O) groups excluding carboxylic acids is 1. The van der Waals surface area contributed by atoms with Crippen molar-refractivity contribution in [2.24, 2.45) is 5.73 Å². The van der Waals surface area contributed by atoms with Crippen LogP contribution in [0.25, 0.3) is 0 Å². The summed E-state index contributed by atoms with van der Waals surface area (Å²) in [7, 11) is 0. The minimum Gasteiger partial charge on any atom is -0.374 e. The quantitative estimate of drug-likeness (QED) is 0.579. The first-order chi connectivity index (χ1) is 9.08. The van der Waals surface area contributed by atoms with Crippen molar-refractivity contribution in [3.8, 4) is 0 Å². The lowest BCUT2D eigenvalue weighted by Gasteiger charge is -2.29. The van der Waals surface area contributed by atoms with Gasteiger partial charge in [-0.05, 0) is 32.6 Å². The van der Waals surface area contributed by atoms with Gasteiger partial charge in [0.25, 0.3) is 0 Å². The van der Waals surface area contributed by atoms with Crippen LogP contribution in [-0.4, -0.2) is 23.9 Å². The number of carbonyl (C=O) groups is 1. The normalized spacial score (nSPS) is 12.2. The molecule has 0 radical (unpaired) electrons. The summed E-state index contributed by atoms with van der Waals surface area (Å²) in [6, 6.07) is 0. The van der Waals surface area contributed by atoms with Gasteiger partial charge >= 0.3 is 0 Å². The predicted molar refractivity (Wildman–Crippen MR) is 82.8 cm³/mol. The highest BCUT2D eigenvalue weighted by Crippen LogP contribution is 2.19. The van der Waals surface area contributed by atoms with Crippen molar-refractivity contribution in [2.45, 2.75) is 72.6 Å². The fourth-order valence-corrected chi connectivity index (χ4v) is 2.15. The summed E-state index contributed by atoms with van der Waals surface area (Å²) < 4.78 is 0. The van der Waals surface area contributed by atoms with E-state index < -0.39 is 0 Å². The Labute approximate surface area is 119 Å². The Balaban J connectivity index is 4.98. The third kappa shape index (κ3) is 7.24. The van der Waals surface area contributed by atoms with Crippen LogP contribution in [0.4, 0.5) is 0 Å². The van der Waals surface area contributed by atoms with Gasteiger partial charge in [-0.1, -0.05) is 40.0 Å². The lowest BCUT2D eigenvalue weighted by molar-refractivity contribution is -0.114. The van der Waals surface area contributed by atoms with Crippen LogP contribution in [0.2, 0.25) is 0 Å². The number of rotatable bonds is 11. The van der Waals surface area contributed by atoms with E-state index in [4.69, 9.17) is 5.73 Å². The van der Waals surface area contributed by atoms with Gasteiger partial charge in [0.05, 0.1) is 0 Å². The largest absolute Gasteiger partial charge is 0.374 e. The van der Waals surface area contributed by atoms with Gasteiger partial charge < -0.3 is 10.6 Å². The van der Waals surface area contributed by atoms with Crippen molar-refractivity contribution >= 4 is 5.91 Å². The zero-order valence-electron chi connectivity index (χ0n) is 13.3. The summed E-state index contributed by atoms with van der Waals surface area (Å²) in [5.74, 6) is -0.274. The Kier molecular flexibility index (Phi) is 10.3. The minimum absolute atomic E-state index is 0.274. The van der Waals surface area contributed by atoms with Crippen LogP contribution in [0.3, 0.4) is 0 Å². The van der Waals surface area contributed by atoms with Crippen LogP contribution in [0.1, 0.15) is 72.6 Å². The van der Waals surface area contributed by atoms with Gasteiger partial charge in [-0.15, -0.1) is 0 Å². The van der Waals surface area contributed by atoms with E-state index in [2.05, 4.69) is 25.7 Å². The van der Waals surface area contributed by atoms with Gasteiger partial charge in [0.15, 0.2) is 0 Å². The summed E-state index contributed by atoms with van der Waals surface area (Å²) in [6.07, 6.45) is 7.94. The molecule has 0 bridgehead atoms.